The van der Waals surface area contributed by atoms with Gasteiger partial charge in [-0.05, 0) is 50.3 Å². The van der Waals surface area contributed by atoms with Crippen LogP contribution in [-0.2, 0) is 9.53 Å². The van der Waals surface area contributed by atoms with Gasteiger partial charge in [0.1, 0.15) is 5.82 Å². The zero-order valence-corrected chi connectivity index (χ0v) is 17.3. The van der Waals surface area contributed by atoms with Crippen LogP contribution in [0.1, 0.15) is 34.6 Å². The van der Waals surface area contributed by atoms with Crippen LogP contribution in [0.5, 0.6) is 0 Å². The smallest absolute Gasteiger partial charge is 0.250 e. The minimum absolute atomic E-state index is 0.133. The van der Waals surface area contributed by atoms with Crippen LogP contribution >= 0.6 is 0 Å². The number of allylic oxidation sites excluding steroid dienone is 2. The summed E-state index contributed by atoms with van der Waals surface area (Å²) in [5.74, 6) is -0.418. The summed E-state index contributed by atoms with van der Waals surface area (Å²) < 4.78 is 18.3. The van der Waals surface area contributed by atoms with E-state index in [9.17, 15) is 9.18 Å². The third kappa shape index (κ3) is 6.64. The van der Waals surface area contributed by atoms with Crippen LogP contribution in [0.15, 0.2) is 53.8 Å². The van der Waals surface area contributed by atoms with Gasteiger partial charge in [0.05, 0.1) is 5.71 Å². The van der Waals surface area contributed by atoms with E-state index in [1.165, 1.54) is 24.3 Å². The van der Waals surface area contributed by atoms with Crippen molar-refractivity contribution in [3.8, 4) is 0 Å². The molecule has 1 aromatic rings. The molecule has 1 rings (SSSR count). The molecule has 0 fully saturated rings. The van der Waals surface area contributed by atoms with Gasteiger partial charge in [-0.1, -0.05) is 27.4 Å². The highest BCUT2D eigenvalue weighted by Crippen LogP contribution is 2.20. The van der Waals surface area contributed by atoms with Crippen LogP contribution in [-0.4, -0.2) is 37.0 Å². The molecule has 0 spiro atoms. The Morgan fingerprint density at radius 1 is 1.26 bits per heavy atom. The number of carbonyl (C=O) groups excluding carboxylic acids is 1. The van der Waals surface area contributed by atoms with Crippen LogP contribution in [0, 0.1) is 11.2 Å². The molecule has 6 heteroatoms. The normalized spacial score (nSPS) is 13.6. The number of rotatable bonds is 7. The van der Waals surface area contributed by atoms with Gasteiger partial charge in [0.25, 0.3) is 0 Å². The first-order chi connectivity index (χ1) is 12.5. The molecule has 0 heterocycles. The highest BCUT2D eigenvalue weighted by molar-refractivity contribution is 5.94. The molecule has 0 aliphatic rings. The van der Waals surface area contributed by atoms with Gasteiger partial charge in [0.15, 0.2) is 6.23 Å². The van der Waals surface area contributed by atoms with Crippen molar-refractivity contribution >= 4 is 17.3 Å². The van der Waals surface area contributed by atoms with Gasteiger partial charge in [-0.3, -0.25) is 4.79 Å². The largest absolute Gasteiger partial charge is 0.360 e. The molecule has 1 unspecified atom stereocenters. The van der Waals surface area contributed by atoms with Crippen molar-refractivity contribution in [1.29, 1.82) is 0 Å². The molecule has 0 N–H and O–H groups in total. The van der Waals surface area contributed by atoms with E-state index in [1.807, 2.05) is 32.7 Å². The van der Waals surface area contributed by atoms with Crippen LogP contribution in [0.4, 0.5) is 10.1 Å². The quantitative estimate of drug-likeness (QED) is 0.303. The van der Waals surface area contributed by atoms with E-state index in [2.05, 4.69) is 11.7 Å². The molecule has 0 saturated heterocycles. The molecule has 0 bridgehead atoms. The number of methoxy groups -OCH3 is 1. The Labute approximate surface area is 161 Å². The Morgan fingerprint density at radius 2 is 1.81 bits per heavy atom. The van der Waals surface area contributed by atoms with E-state index < -0.39 is 11.6 Å². The number of halogens is 1. The number of anilines is 1. The minimum atomic E-state index is -0.577. The first kappa shape index (κ1) is 22.6. The molecule has 0 radical (unpaired) electrons. The zero-order chi connectivity index (χ0) is 20.8. The molecule has 0 saturated carbocycles. The van der Waals surface area contributed by atoms with Gasteiger partial charge in [-0.2, -0.15) is 5.10 Å². The predicted octanol–water partition coefficient (Wildman–Crippen LogP) is 4.57. The SMILES string of the molecule is C=C(/C=C/C(C)=N\N(C(=O)C(C)(C)C)C(C)OC)N(C)c1ccc(F)cc1. The lowest BCUT2D eigenvalue weighted by Gasteiger charge is -2.29. The molecule has 0 aliphatic carbocycles. The summed E-state index contributed by atoms with van der Waals surface area (Å²) in [6.45, 7) is 13.1. The summed E-state index contributed by atoms with van der Waals surface area (Å²) >= 11 is 0. The third-order valence-electron chi connectivity index (χ3n) is 3.96. The highest BCUT2D eigenvalue weighted by atomic mass is 19.1. The van der Waals surface area contributed by atoms with Gasteiger partial charge >= 0.3 is 0 Å². The maximum absolute atomic E-state index is 13.1. The summed E-state index contributed by atoms with van der Waals surface area (Å²) in [4.78, 5) is 14.5. The van der Waals surface area contributed by atoms with Gasteiger partial charge in [-0.15, -0.1) is 0 Å². The number of hydrogen-bond donors (Lipinski definition) is 0. The second kappa shape index (κ2) is 9.46. The molecule has 0 aliphatic heterocycles. The van der Waals surface area contributed by atoms with Crippen molar-refractivity contribution in [2.75, 3.05) is 19.1 Å². The van der Waals surface area contributed by atoms with Gasteiger partial charge in [0.2, 0.25) is 5.91 Å². The van der Waals surface area contributed by atoms with Crippen molar-refractivity contribution < 1.29 is 13.9 Å². The van der Waals surface area contributed by atoms with Gasteiger partial charge in [-0.25, -0.2) is 9.40 Å². The Morgan fingerprint density at radius 3 is 2.30 bits per heavy atom. The second-order valence-corrected chi connectivity index (χ2v) is 7.34. The highest BCUT2D eigenvalue weighted by Gasteiger charge is 2.30. The Bertz CT molecular complexity index is 718. The lowest BCUT2D eigenvalue weighted by atomic mass is 9.95. The van der Waals surface area contributed by atoms with Crippen molar-refractivity contribution in [1.82, 2.24) is 5.01 Å². The topological polar surface area (TPSA) is 45.1 Å². The first-order valence-electron chi connectivity index (χ1n) is 8.75. The fourth-order valence-corrected chi connectivity index (χ4v) is 2.10. The van der Waals surface area contributed by atoms with Crippen LogP contribution in [0.3, 0.4) is 0 Å². The number of ether oxygens (including phenoxy) is 1. The van der Waals surface area contributed by atoms with E-state index in [4.69, 9.17) is 4.74 Å². The predicted molar refractivity (Wildman–Crippen MR) is 109 cm³/mol. The third-order valence-corrected chi connectivity index (χ3v) is 3.96. The summed E-state index contributed by atoms with van der Waals surface area (Å²) in [5, 5.41) is 5.76. The Hall–Kier alpha value is -2.47. The monoisotopic (exact) mass is 375 g/mol. The molecular weight excluding hydrogens is 345 g/mol. The summed E-state index contributed by atoms with van der Waals surface area (Å²) in [6.07, 6.45) is 3.08. The lowest BCUT2D eigenvalue weighted by molar-refractivity contribution is -0.151. The lowest BCUT2D eigenvalue weighted by Crippen LogP contribution is -2.42. The number of nitrogens with zero attached hydrogens (tertiary/aromatic N) is 3. The minimum Gasteiger partial charge on any atom is -0.360 e. The molecule has 5 nitrogen and oxygen atoms in total. The summed E-state index contributed by atoms with van der Waals surface area (Å²) in [7, 11) is 3.38. The maximum atomic E-state index is 13.1. The Balaban J connectivity index is 2.94. The number of benzene rings is 1. The molecule has 1 aromatic carbocycles. The standard InChI is InChI=1S/C21H30FN3O2/c1-15(23-25(17(3)27-8)20(26)21(4,5)6)9-10-16(2)24(7)19-13-11-18(22)12-14-19/h9-14,17H,2H2,1,3-8H3/b10-9+,23-15-. The fraction of sp³-hybridized carbons (Fsp3) is 0.429. The molecule has 0 aromatic heterocycles. The first-order valence-corrected chi connectivity index (χ1v) is 8.75. The average Bonchev–Trinajstić information content (AvgIpc) is 2.62. The molecule has 148 valence electrons. The van der Waals surface area contributed by atoms with Crippen LogP contribution in [0.2, 0.25) is 0 Å². The van der Waals surface area contributed by atoms with Crippen molar-refractivity contribution in [2.24, 2.45) is 10.5 Å². The number of hydrazone groups is 1. The second-order valence-electron chi connectivity index (χ2n) is 7.34. The van der Waals surface area contributed by atoms with Crippen molar-refractivity contribution in [3.63, 3.8) is 0 Å². The van der Waals surface area contributed by atoms with E-state index in [0.29, 0.717) is 11.4 Å². The van der Waals surface area contributed by atoms with E-state index in [-0.39, 0.29) is 11.7 Å². The van der Waals surface area contributed by atoms with Gasteiger partial charge < -0.3 is 9.64 Å². The summed E-state index contributed by atoms with van der Waals surface area (Å²) in [5.41, 5.74) is 1.57. The van der Waals surface area contributed by atoms with E-state index >= 15 is 0 Å². The van der Waals surface area contributed by atoms with Gasteiger partial charge in [0, 0.05) is 31.0 Å². The molecule has 1 amide bonds. The summed E-state index contributed by atoms with van der Waals surface area (Å²) in [6, 6.07) is 6.16. The van der Waals surface area contributed by atoms with Crippen molar-refractivity contribution in [3.05, 3.63) is 54.5 Å². The molecule has 27 heavy (non-hydrogen) atoms. The van der Waals surface area contributed by atoms with E-state index in [1.54, 1.807) is 38.1 Å². The Kier molecular flexibility index (Phi) is 7.91. The van der Waals surface area contributed by atoms with Crippen LogP contribution in [0.25, 0.3) is 0 Å². The number of carbonyl (C=O) groups is 1. The van der Waals surface area contributed by atoms with Crippen molar-refractivity contribution in [2.45, 2.75) is 40.8 Å². The van der Waals surface area contributed by atoms with Crippen LogP contribution < -0.4 is 4.90 Å². The fourth-order valence-electron chi connectivity index (χ4n) is 2.10. The number of likely N-dealkylation sites (N-methyl/N-ethyl adjacent to an activating group) is 1. The average molecular weight is 375 g/mol. The zero-order valence-electron chi connectivity index (χ0n) is 17.3. The molecule has 1 atom stereocenters. The number of hydrogen-bond acceptors (Lipinski definition) is 4. The maximum Gasteiger partial charge on any atom is 0.250 e. The van der Waals surface area contributed by atoms with E-state index in [0.717, 1.165) is 5.69 Å². The number of amides is 1. The molecular formula is C21H30FN3O2.